The SMILES string of the molecule is COc1ccc(OC)c(-c2cc(C(=O)O[C@H]3C[C@H]4CC[C@H]3C4)no2)c1. The van der Waals surface area contributed by atoms with Crippen molar-refractivity contribution in [3.8, 4) is 22.8 Å². The lowest BCUT2D eigenvalue weighted by Crippen LogP contribution is -2.24. The third-order valence-corrected chi connectivity index (χ3v) is 5.32. The second-order valence-corrected chi connectivity index (χ2v) is 6.76. The van der Waals surface area contributed by atoms with Gasteiger partial charge in [-0.15, -0.1) is 0 Å². The highest BCUT2D eigenvalue weighted by Gasteiger charge is 2.42. The van der Waals surface area contributed by atoms with Crippen LogP contribution in [0.15, 0.2) is 28.8 Å². The van der Waals surface area contributed by atoms with Crippen LogP contribution in [-0.2, 0) is 4.74 Å². The Balaban J connectivity index is 1.53. The Kier molecular flexibility index (Phi) is 4.11. The minimum absolute atomic E-state index is 0.0257. The predicted octanol–water partition coefficient (Wildman–Crippen LogP) is 3.70. The molecule has 25 heavy (non-hydrogen) atoms. The maximum absolute atomic E-state index is 12.4. The van der Waals surface area contributed by atoms with Crippen molar-refractivity contribution in [2.24, 2.45) is 11.8 Å². The number of hydrogen-bond donors (Lipinski definition) is 0. The number of carbonyl (C=O) groups excluding carboxylic acids is 1. The van der Waals surface area contributed by atoms with Crippen molar-refractivity contribution in [2.75, 3.05) is 14.2 Å². The molecule has 2 bridgehead atoms. The molecule has 3 atom stereocenters. The zero-order valence-corrected chi connectivity index (χ0v) is 14.4. The Morgan fingerprint density at radius 3 is 2.72 bits per heavy atom. The van der Waals surface area contributed by atoms with E-state index in [0.29, 0.717) is 28.7 Å². The van der Waals surface area contributed by atoms with Crippen LogP contribution in [0.25, 0.3) is 11.3 Å². The van der Waals surface area contributed by atoms with Gasteiger partial charge < -0.3 is 18.7 Å². The van der Waals surface area contributed by atoms with Crippen molar-refractivity contribution >= 4 is 5.97 Å². The third kappa shape index (κ3) is 2.97. The van der Waals surface area contributed by atoms with Gasteiger partial charge in [-0.1, -0.05) is 5.16 Å². The summed E-state index contributed by atoms with van der Waals surface area (Å²) in [5.41, 5.74) is 0.857. The first kappa shape index (κ1) is 16.0. The molecule has 4 rings (SSSR count). The van der Waals surface area contributed by atoms with Gasteiger partial charge in [0.25, 0.3) is 0 Å². The molecule has 0 spiro atoms. The summed E-state index contributed by atoms with van der Waals surface area (Å²) >= 11 is 0. The lowest BCUT2D eigenvalue weighted by Gasteiger charge is -2.21. The molecule has 2 aromatic rings. The first-order valence-electron chi connectivity index (χ1n) is 8.58. The minimum atomic E-state index is -0.422. The molecule has 0 aliphatic heterocycles. The zero-order valence-electron chi connectivity index (χ0n) is 14.4. The molecule has 2 aliphatic rings. The van der Waals surface area contributed by atoms with Gasteiger partial charge in [-0.25, -0.2) is 4.79 Å². The third-order valence-electron chi connectivity index (χ3n) is 5.32. The number of fused-ring (bicyclic) bond motifs is 2. The van der Waals surface area contributed by atoms with Crippen molar-refractivity contribution < 1.29 is 23.5 Å². The number of hydrogen-bond acceptors (Lipinski definition) is 6. The predicted molar refractivity (Wildman–Crippen MR) is 89.7 cm³/mol. The molecule has 2 saturated carbocycles. The van der Waals surface area contributed by atoms with E-state index in [1.165, 1.54) is 12.8 Å². The van der Waals surface area contributed by atoms with Gasteiger partial charge in [0.2, 0.25) is 0 Å². The first-order chi connectivity index (χ1) is 12.2. The zero-order chi connectivity index (χ0) is 17.4. The molecule has 1 heterocycles. The van der Waals surface area contributed by atoms with Crippen LogP contribution in [0.5, 0.6) is 11.5 Å². The van der Waals surface area contributed by atoms with Gasteiger partial charge in [-0.05, 0) is 55.7 Å². The van der Waals surface area contributed by atoms with Crippen molar-refractivity contribution in [1.29, 1.82) is 0 Å². The van der Waals surface area contributed by atoms with Crippen LogP contribution in [0, 0.1) is 11.8 Å². The van der Waals surface area contributed by atoms with Crippen LogP contribution in [0.1, 0.15) is 36.2 Å². The Labute approximate surface area is 146 Å². The summed E-state index contributed by atoms with van der Waals surface area (Å²) in [6.45, 7) is 0. The van der Waals surface area contributed by atoms with E-state index in [2.05, 4.69) is 5.16 Å². The van der Waals surface area contributed by atoms with E-state index in [4.69, 9.17) is 18.7 Å². The van der Waals surface area contributed by atoms with Gasteiger partial charge in [0.15, 0.2) is 11.5 Å². The topological polar surface area (TPSA) is 70.8 Å². The molecule has 2 fully saturated rings. The highest BCUT2D eigenvalue weighted by molar-refractivity contribution is 5.88. The number of carbonyl (C=O) groups is 1. The van der Waals surface area contributed by atoms with Crippen LogP contribution in [0.2, 0.25) is 0 Å². The quantitative estimate of drug-likeness (QED) is 0.771. The maximum atomic E-state index is 12.4. The van der Waals surface area contributed by atoms with Crippen molar-refractivity contribution in [2.45, 2.75) is 31.8 Å². The van der Waals surface area contributed by atoms with E-state index in [0.717, 1.165) is 18.8 Å². The molecule has 0 saturated heterocycles. The standard InChI is InChI=1S/C19H21NO5/c1-22-13-5-6-16(23-2)14(9-13)18-10-15(20-25-18)19(21)24-17-8-11-3-4-12(17)7-11/h5-6,9-12,17H,3-4,7-8H2,1-2H3/t11-,12-,17-/m0/s1. The van der Waals surface area contributed by atoms with Crippen molar-refractivity contribution in [1.82, 2.24) is 5.16 Å². The Bertz CT molecular complexity index is 784. The number of methoxy groups -OCH3 is 2. The monoisotopic (exact) mass is 343 g/mol. The molecule has 1 aromatic heterocycles. The summed E-state index contributed by atoms with van der Waals surface area (Å²) in [4.78, 5) is 12.4. The lowest BCUT2D eigenvalue weighted by molar-refractivity contribution is 0.0148. The molecular weight excluding hydrogens is 322 g/mol. The molecule has 0 N–H and O–H groups in total. The van der Waals surface area contributed by atoms with Gasteiger partial charge in [-0.3, -0.25) is 0 Å². The molecule has 132 valence electrons. The molecule has 2 aliphatic carbocycles. The van der Waals surface area contributed by atoms with E-state index in [1.807, 2.05) is 0 Å². The van der Waals surface area contributed by atoms with Crippen molar-refractivity contribution in [3.63, 3.8) is 0 Å². The van der Waals surface area contributed by atoms with Gasteiger partial charge in [0.1, 0.15) is 17.6 Å². The fraction of sp³-hybridized carbons (Fsp3) is 0.474. The fourth-order valence-corrected chi connectivity index (χ4v) is 4.03. The summed E-state index contributed by atoms with van der Waals surface area (Å²) in [6, 6.07) is 6.95. The smallest absolute Gasteiger partial charge is 0.360 e. The number of ether oxygens (including phenoxy) is 3. The van der Waals surface area contributed by atoms with Crippen LogP contribution in [-0.4, -0.2) is 31.4 Å². The highest BCUT2D eigenvalue weighted by atomic mass is 16.5. The summed E-state index contributed by atoms with van der Waals surface area (Å²) in [7, 11) is 3.16. The molecule has 0 radical (unpaired) electrons. The second-order valence-electron chi connectivity index (χ2n) is 6.76. The molecule has 1 aromatic carbocycles. The van der Waals surface area contributed by atoms with Crippen LogP contribution < -0.4 is 9.47 Å². The maximum Gasteiger partial charge on any atom is 0.360 e. The van der Waals surface area contributed by atoms with E-state index < -0.39 is 5.97 Å². The average Bonchev–Trinajstić information content (AvgIpc) is 3.37. The van der Waals surface area contributed by atoms with Crippen LogP contribution in [0.4, 0.5) is 0 Å². The second kappa shape index (κ2) is 6.43. The van der Waals surface area contributed by atoms with E-state index in [9.17, 15) is 4.79 Å². The molecular formula is C19H21NO5. The summed E-state index contributed by atoms with van der Waals surface area (Å²) in [6.07, 6.45) is 4.61. The molecule has 0 amide bonds. The number of aromatic nitrogens is 1. The van der Waals surface area contributed by atoms with Gasteiger partial charge in [0.05, 0.1) is 19.8 Å². The van der Waals surface area contributed by atoms with Gasteiger partial charge in [0, 0.05) is 6.07 Å². The van der Waals surface area contributed by atoms with E-state index >= 15 is 0 Å². The summed E-state index contributed by atoms with van der Waals surface area (Å²) in [5, 5.41) is 3.88. The largest absolute Gasteiger partial charge is 0.497 e. The molecule has 0 unspecified atom stereocenters. The number of benzene rings is 1. The highest BCUT2D eigenvalue weighted by Crippen LogP contribution is 2.46. The van der Waals surface area contributed by atoms with Gasteiger partial charge in [-0.2, -0.15) is 0 Å². The van der Waals surface area contributed by atoms with E-state index in [-0.39, 0.29) is 11.8 Å². The summed E-state index contributed by atoms with van der Waals surface area (Å²) in [5.74, 6) is 2.53. The Morgan fingerprint density at radius 2 is 2.04 bits per heavy atom. The normalized spacial score (nSPS) is 24.3. The number of esters is 1. The van der Waals surface area contributed by atoms with Crippen LogP contribution in [0.3, 0.4) is 0 Å². The van der Waals surface area contributed by atoms with Gasteiger partial charge >= 0.3 is 5.97 Å². The number of nitrogens with zero attached hydrogens (tertiary/aromatic N) is 1. The van der Waals surface area contributed by atoms with Crippen LogP contribution >= 0.6 is 0 Å². The number of rotatable bonds is 5. The fourth-order valence-electron chi connectivity index (χ4n) is 4.03. The van der Waals surface area contributed by atoms with Crippen molar-refractivity contribution in [3.05, 3.63) is 30.0 Å². The lowest BCUT2D eigenvalue weighted by atomic mass is 9.98. The first-order valence-corrected chi connectivity index (χ1v) is 8.58. The Hall–Kier alpha value is -2.50. The summed E-state index contributed by atoms with van der Waals surface area (Å²) < 4.78 is 21.6. The molecule has 6 heteroatoms. The van der Waals surface area contributed by atoms with E-state index in [1.54, 1.807) is 38.5 Å². The average molecular weight is 343 g/mol. The molecule has 6 nitrogen and oxygen atoms in total. The Morgan fingerprint density at radius 1 is 1.16 bits per heavy atom. The minimum Gasteiger partial charge on any atom is -0.497 e.